The zero-order valence-corrected chi connectivity index (χ0v) is 12.4. The van der Waals surface area contributed by atoms with Gasteiger partial charge in [-0.05, 0) is 30.5 Å². The first-order valence-electron chi connectivity index (χ1n) is 6.76. The van der Waals surface area contributed by atoms with E-state index < -0.39 is 18.0 Å². The van der Waals surface area contributed by atoms with Crippen molar-refractivity contribution in [1.82, 2.24) is 0 Å². The summed E-state index contributed by atoms with van der Waals surface area (Å²) < 4.78 is 21.5. The van der Waals surface area contributed by atoms with Crippen molar-refractivity contribution in [1.29, 1.82) is 0 Å². The van der Waals surface area contributed by atoms with E-state index in [1.807, 2.05) is 0 Å². The average Bonchev–Trinajstić information content (AvgIpc) is 2.53. The summed E-state index contributed by atoms with van der Waals surface area (Å²) in [6, 6.07) is 3.49. The molecule has 1 aromatic carbocycles. The molecule has 116 valence electrons. The highest BCUT2D eigenvalue weighted by atomic mass is 16.5. The van der Waals surface area contributed by atoms with Crippen molar-refractivity contribution in [3.05, 3.63) is 17.7 Å². The van der Waals surface area contributed by atoms with Gasteiger partial charge < -0.3 is 24.1 Å². The van der Waals surface area contributed by atoms with Gasteiger partial charge in [-0.3, -0.25) is 4.79 Å². The van der Waals surface area contributed by atoms with Gasteiger partial charge in [0.25, 0.3) is 0 Å². The highest BCUT2D eigenvalue weighted by molar-refractivity contribution is 5.71. The predicted molar refractivity (Wildman–Crippen MR) is 75.2 cm³/mol. The normalized spacial score (nSPS) is 21.7. The average molecular weight is 296 g/mol. The van der Waals surface area contributed by atoms with E-state index in [1.54, 1.807) is 12.1 Å². The molecule has 1 aromatic rings. The van der Waals surface area contributed by atoms with Crippen molar-refractivity contribution < 1.29 is 28.8 Å². The molecule has 0 amide bonds. The van der Waals surface area contributed by atoms with Crippen LogP contribution in [0.25, 0.3) is 0 Å². The molecule has 1 fully saturated rings. The minimum Gasteiger partial charge on any atom is -0.493 e. The van der Waals surface area contributed by atoms with Gasteiger partial charge in [0.05, 0.1) is 33.4 Å². The molecule has 2 rings (SSSR count). The fourth-order valence-electron chi connectivity index (χ4n) is 2.63. The Kier molecular flexibility index (Phi) is 4.90. The molecule has 0 aromatic heterocycles. The Morgan fingerprint density at radius 1 is 1.19 bits per heavy atom. The standard InChI is InChI=1S/C15H20O6/c1-18-11-7-9(8-12(19-2)14(11)20-3)13-10(15(16)17)5-4-6-21-13/h7-8,10,13H,4-6H2,1-3H3,(H,16,17). The van der Waals surface area contributed by atoms with Crippen molar-refractivity contribution in [3.8, 4) is 17.2 Å². The molecule has 2 atom stereocenters. The molecule has 6 heteroatoms. The second kappa shape index (κ2) is 6.67. The van der Waals surface area contributed by atoms with Crippen LogP contribution in [0, 0.1) is 5.92 Å². The molecule has 0 saturated carbocycles. The Labute approximate surface area is 123 Å². The number of rotatable bonds is 5. The van der Waals surface area contributed by atoms with Gasteiger partial charge in [0.1, 0.15) is 0 Å². The van der Waals surface area contributed by atoms with Crippen LogP contribution in [0.5, 0.6) is 17.2 Å². The number of ether oxygens (including phenoxy) is 4. The molecule has 0 radical (unpaired) electrons. The van der Waals surface area contributed by atoms with Crippen LogP contribution in [0.1, 0.15) is 24.5 Å². The van der Waals surface area contributed by atoms with Crippen molar-refractivity contribution in [2.75, 3.05) is 27.9 Å². The SMILES string of the molecule is COc1cc(C2OCCCC2C(=O)O)cc(OC)c1OC. The lowest BCUT2D eigenvalue weighted by molar-refractivity contribution is -0.151. The molecule has 0 aliphatic carbocycles. The minimum atomic E-state index is -0.853. The third kappa shape index (κ3) is 3.05. The third-order valence-corrected chi connectivity index (χ3v) is 3.66. The molecule has 2 unspecified atom stereocenters. The number of benzene rings is 1. The summed E-state index contributed by atoms with van der Waals surface area (Å²) in [5.41, 5.74) is 0.719. The fraction of sp³-hybridized carbons (Fsp3) is 0.533. The van der Waals surface area contributed by atoms with Gasteiger partial charge in [0, 0.05) is 6.61 Å². The van der Waals surface area contributed by atoms with E-state index in [4.69, 9.17) is 18.9 Å². The second-order valence-corrected chi connectivity index (χ2v) is 4.84. The maximum Gasteiger partial charge on any atom is 0.309 e. The highest BCUT2D eigenvalue weighted by Crippen LogP contribution is 2.43. The van der Waals surface area contributed by atoms with Crippen LogP contribution >= 0.6 is 0 Å². The molecule has 1 heterocycles. The van der Waals surface area contributed by atoms with Crippen LogP contribution in [-0.4, -0.2) is 39.0 Å². The second-order valence-electron chi connectivity index (χ2n) is 4.84. The number of methoxy groups -OCH3 is 3. The highest BCUT2D eigenvalue weighted by Gasteiger charge is 2.34. The first-order valence-corrected chi connectivity index (χ1v) is 6.76. The van der Waals surface area contributed by atoms with E-state index in [9.17, 15) is 9.90 Å². The van der Waals surface area contributed by atoms with Crippen LogP contribution in [0.4, 0.5) is 0 Å². The molecule has 1 saturated heterocycles. The molecule has 1 N–H and O–H groups in total. The summed E-state index contributed by atoms with van der Waals surface area (Å²) in [7, 11) is 4.58. The van der Waals surface area contributed by atoms with Gasteiger partial charge in [0.2, 0.25) is 5.75 Å². The summed E-state index contributed by atoms with van der Waals surface area (Å²) in [4.78, 5) is 11.4. The number of hydrogen-bond donors (Lipinski definition) is 1. The Balaban J connectivity index is 2.44. The zero-order valence-electron chi connectivity index (χ0n) is 12.4. The van der Waals surface area contributed by atoms with Crippen molar-refractivity contribution in [3.63, 3.8) is 0 Å². The Morgan fingerprint density at radius 3 is 2.29 bits per heavy atom. The Hall–Kier alpha value is -1.95. The van der Waals surface area contributed by atoms with Crippen molar-refractivity contribution in [2.45, 2.75) is 18.9 Å². The van der Waals surface area contributed by atoms with Crippen molar-refractivity contribution >= 4 is 5.97 Å². The van der Waals surface area contributed by atoms with Crippen molar-refractivity contribution in [2.24, 2.45) is 5.92 Å². The first kappa shape index (κ1) is 15.4. The van der Waals surface area contributed by atoms with E-state index >= 15 is 0 Å². The van der Waals surface area contributed by atoms with Gasteiger partial charge in [-0.15, -0.1) is 0 Å². The topological polar surface area (TPSA) is 74.2 Å². The predicted octanol–water partition coefficient (Wildman–Crippen LogP) is 2.26. The van der Waals surface area contributed by atoms with E-state index in [-0.39, 0.29) is 0 Å². The van der Waals surface area contributed by atoms with Crippen LogP contribution < -0.4 is 14.2 Å². The van der Waals surface area contributed by atoms with Gasteiger partial charge in [-0.1, -0.05) is 0 Å². The Bertz CT molecular complexity index is 488. The van der Waals surface area contributed by atoms with Gasteiger partial charge in [-0.2, -0.15) is 0 Å². The van der Waals surface area contributed by atoms with Gasteiger partial charge in [-0.25, -0.2) is 0 Å². The van der Waals surface area contributed by atoms with E-state index in [0.29, 0.717) is 30.3 Å². The maximum atomic E-state index is 11.4. The first-order chi connectivity index (χ1) is 10.1. The summed E-state index contributed by atoms with van der Waals surface area (Å²) >= 11 is 0. The molecule has 21 heavy (non-hydrogen) atoms. The van der Waals surface area contributed by atoms with E-state index in [1.165, 1.54) is 21.3 Å². The molecule has 0 spiro atoms. The van der Waals surface area contributed by atoms with E-state index in [0.717, 1.165) is 12.0 Å². The molecule has 1 aliphatic heterocycles. The molecule has 6 nitrogen and oxygen atoms in total. The van der Waals surface area contributed by atoms with Gasteiger partial charge in [0.15, 0.2) is 11.5 Å². The lowest BCUT2D eigenvalue weighted by Crippen LogP contribution is -2.29. The largest absolute Gasteiger partial charge is 0.493 e. The molecule has 0 bridgehead atoms. The number of carbonyl (C=O) groups is 1. The Morgan fingerprint density at radius 2 is 1.81 bits per heavy atom. The summed E-state index contributed by atoms with van der Waals surface area (Å²) in [5.74, 6) is 0.0387. The molecular weight excluding hydrogens is 276 g/mol. The quantitative estimate of drug-likeness (QED) is 0.898. The fourth-order valence-corrected chi connectivity index (χ4v) is 2.63. The number of carboxylic acid groups (broad SMARTS) is 1. The van der Waals surface area contributed by atoms with Crippen LogP contribution in [0.15, 0.2) is 12.1 Å². The van der Waals surface area contributed by atoms with Gasteiger partial charge >= 0.3 is 5.97 Å². The summed E-state index contributed by atoms with van der Waals surface area (Å²) in [6.45, 7) is 0.547. The number of aliphatic carboxylic acids is 1. The summed E-state index contributed by atoms with van der Waals surface area (Å²) in [6.07, 6.45) is 0.833. The smallest absolute Gasteiger partial charge is 0.309 e. The van der Waals surface area contributed by atoms with Crippen LogP contribution in [0.2, 0.25) is 0 Å². The monoisotopic (exact) mass is 296 g/mol. The van der Waals surface area contributed by atoms with Crippen LogP contribution in [0.3, 0.4) is 0 Å². The molecular formula is C15H20O6. The summed E-state index contributed by atoms with van der Waals surface area (Å²) in [5, 5.41) is 9.36. The minimum absolute atomic E-state index is 0.478. The van der Waals surface area contributed by atoms with Crippen LogP contribution in [-0.2, 0) is 9.53 Å². The lowest BCUT2D eigenvalue weighted by atomic mass is 9.89. The number of carboxylic acids is 1. The third-order valence-electron chi connectivity index (χ3n) is 3.66. The molecule has 1 aliphatic rings. The number of hydrogen-bond acceptors (Lipinski definition) is 5. The zero-order chi connectivity index (χ0) is 15.4. The van der Waals surface area contributed by atoms with E-state index in [2.05, 4.69) is 0 Å². The lowest BCUT2D eigenvalue weighted by Gasteiger charge is -2.30. The maximum absolute atomic E-state index is 11.4.